The van der Waals surface area contributed by atoms with Crippen molar-refractivity contribution in [2.45, 2.75) is 13.0 Å². The lowest BCUT2D eigenvalue weighted by atomic mass is 10.0. The Morgan fingerprint density at radius 3 is 2.30 bits per heavy atom. The van der Waals surface area contributed by atoms with E-state index in [9.17, 15) is 19.7 Å². The number of nitro groups is 1. The fourth-order valence-electron chi connectivity index (χ4n) is 3.56. The maximum Gasteiger partial charge on any atom is 0.327 e. The molecule has 8 nitrogen and oxygen atoms in total. The summed E-state index contributed by atoms with van der Waals surface area (Å²) in [4.78, 5) is 39.5. The van der Waals surface area contributed by atoms with Crippen LogP contribution in [-0.4, -0.2) is 59.9 Å². The van der Waals surface area contributed by atoms with E-state index in [1.807, 2.05) is 4.90 Å². The monoisotopic (exact) mass is 431 g/mol. The molecule has 0 aromatic heterocycles. The van der Waals surface area contributed by atoms with Crippen LogP contribution in [0.4, 0.5) is 5.69 Å². The summed E-state index contributed by atoms with van der Waals surface area (Å²) in [6, 6.07) is 10.9. The molecule has 1 aliphatic heterocycles. The second-order valence-corrected chi connectivity index (χ2v) is 7.50. The van der Waals surface area contributed by atoms with Gasteiger partial charge in [-0.1, -0.05) is 29.8 Å². The molecule has 9 heteroatoms. The molecular weight excluding hydrogens is 410 g/mol. The van der Waals surface area contributed by atoms with Crippen LogP contribution in [-0.2, 0) is 9.53 Å². The molecule has 0 aliphatic carbocycles. The van der Waals surface area contributed by atoms with E-state index in [0.29, 0.717) is 36.8 Å². The molecular formula is C21H22ClN3O5. The van der Waals surface area contributed by atoms with Crippen molar-refractivity contribution in [1.29, 1.82) is 0 Å². The molecule has 0 N–H and O–H groups in total. The van der Waals surface area contributed by atoms with Gasteiger partial charge in [0.05, 0.1) is 12.0 Å². The lowest BCUT2D eigenvalue weighted by Gasteiger charge is -2.38. The van der Waals surface area contributed by atoms with Gasteiger partial charge in [0.25, 0.3) is 11.6 Å². The Labute approximate surface area is 179 Å². The summed E-state index contributed by atoms with van der Waals surface area (Å²) in [6.45, 7) is 3.34. The minimum Gasteiger partial charge on any atom is -0.468 e. The molecule has 1 fully saturated rings. The van der Waals surface area contributed by atoms with Gasteiger partial charge >= 0.3 is 5.97 Å². The first kappa shape index (κ1) is 21.7. The van der Waals surface area contributed by atoms with Gasteiger partial charge in [-0.25, -0.2) is 4.79 Å². The molecule has 1 heterocycles. The number of carbonyl (C=O) groups excluding carboxylic acids is 2. The quantitative estimate of drug-likeness (QED) is 0.410. The van der Waals surface area contributed by atoms with Crippen molar-refractivity contribution in [1.82, 2.24) is 9.80 Å². The van der Waals surface area contributed by atoms with Gasteiger partial charge in [-0.05, 0) is 30.7 Å². The Bertz CT molecular complexity index is 956. The van der Waals surface area contributed by atoms with Crippen LogP contribution >= 0.6 is 11.6 Å². The van der Waals surface area contributed by atoms with E-state index in [1.165, 1.54) is 13.2 Å². The average molecular weight is 432 g/mol. The van der Waals surface area contributed by atoms with E-state index in [1.54, 1.807) is 48.2 Å². The Morgan fingerprint density at radius 1 is 1.10 bits per heavy atom. The lowest BCUT2D eigenvalue weighted by molar-refractivity contribution is -0.385. The maximum atomic E-state index is 12.8. The highest BCUT2D eigenvalue weighted by Crippen LogP contribution is 2.26. The Kier molecular flexibility index (Phi) is 6.69. The smallest absolute Gasteiger partial charge is 0.327 e. The third-order valence-electron chi connectivity index (χ3n) is 5.23. The number of benzene rings is 2. The normalized spacial score (nSPS) is 15.5. The lowest BCUT2D eigenvalue weighted by Crippen LogP contribution is -2.51. The molecule has 0 unspecified atom stereocenters. The summed E-state index contributed by atoms with van der Waals surface area (Å²) >= 11 is 5.95. The SMILES string of the molecule is COC(=O)[C@H](c1ccc(Cl)cc1)N1CCN(C(=O)c2ccc(C)c([N+](=O)[O-])c2)CC1. The highest BCUT2D eigenvalue weighted by atomic mass is 35.5. The molecule has 1 atom stereocenters. The van der Waals surface area contributed by atoms with Crippen molar-refractivity contribution in [2.24, 2.45) is 0 Å². The molecule has 30 heavy (non-hydrogen) atoms. The molecule has 0 radical (unpaired) electrons. The first-order valence-corrected chi connectivity index (χ1v) is 9.81. The number of hydrogen-bond donors (Lipinski definition) is 0. The highest BCUT2D eigenvalue weighted by Gasteiger charge is 2.32. The van der Waals surface area contributed by atoms with E-state index in [0.717, 1.165) is 5.56 Å². The molecule has 2 aromatic rings. The second kappa shape index (κ2) is 9.23. The third kappa shape index (κ3) is 4.60. The number of carbonyl (C=O) groups is 2. The Balaban J connectivity index is 1.73. The summed E-state index contributed by atoms with van der Waals surface area (Å²) in [5, 5.41) is 11.7. The van der Waals surface area contributed by atoms with Crippen LogP contribution < -0.4 is 0 Å². The zero-order valence-corrected chi connectivity index (χ0v) is 17.5. The minimum atomic E-state index is -0.593. The van der Waals surface area contributed by atoms with Gasteiger partial charge in [0.2, 0.25) is 0 Å². The van der Waals surface area contributed by atoms with E-state index < -0.39 is 11.0 Å². The minimum absolute atomic E-state index is 0.0759. The van der Waals surface area contributed by atoms with Gasteiger partial charge in [-0.15, -0.1) is 0 Å². The third-order valence-corrected chi connectivity index (χ3v) is 5.48. The summed E-state index contributed by atoms with van der Waals surface area (Å²) in [7, 11) is 1.34. The first-order valence-electron chi connectivity index (χ1n) is 9.43. The molecule has 1 amide bonds. The van der Waals surface area contributed by atoms with Gasteiger partial charge in [0, 0.05) is 48.4 Å². The molecule has 1 saturated heterocycles. The molecule has 3 rings (SSSR count). The van der Waals surface area contributed by atoms with Crippen LogP contribution in [0.5, 0.6) is 0 Å². The number of nitrogens with zero attached hydrogens (tertiary/aromatic N) is 3. The van der Waals surface area contributed by atoms with Gasteiger partial charge < -0.3 is 9.64 Å². The summed E-state index contributed by atoms with van der Waals surface area (Å²) < 4.78 is 4.98. The van der Waals surface area contributed by atoms with Gasteiger partial charge in [-0.3, -0.25) is 19.8 Å². The maximum absolute atomic E-state index is 12.8. The van der Waals surface area contributed by atoms with Gasteiger partial charge in [0.15, 0.2) is 0 Å². The van der Waals surface area contributed by atoms with Crippen molar-refractivity contribution in [3.8, 4) is 0 Å². The van der Waals surface area contributed by atoms with Crippen LogP contribution in [0.2, 0.25) is 5.02 Å². The zero-order valence-electron chi connectivity index (χ0n) is 16.7. The molecule has 158 valence electrons. The van der Waals surface area contributed by atoms with Gasteiger partial charge in [-0.2, -0.15) is 0 Å². The predicted molar refractivity (Wildman–Crippen MR) is 112 cm³/mol. The predicted octanol–water partition coefficient (Wildman–Crippen LogP) is 3.23. The number of methoxy groups -OCH3 is 1. The van der Waals surface area contributed by atoms with Gasteiger partial charge in [0.1, 0.15) is 6.04 Å². The Morgan fingerprint density at radius 2 is 1.73 bits per heavy atom. The van der Waals surface area contributed by atoms with Crippen molar-refractivity contribution in [2.75, 3.05) is 33.3 Å². The zero-order chi connectivity index (χ0) is 21.8. The average Bonchev–Trinajstić information content (AvgIpc) is 2.75. The van der Waals surface area contributed by atoms with E-state index in [-0.39, 0.29) is 23.1 Å². The molecule has 2 aromatic carbocycles. The fraction of sp³-hybridized carbons (Fsp3) is 0.333. The Hall–Kier alpha value is -2.97. The molecule has 1 aliphatic rings. The summed E-state index contributed by atoms with van der Waals surface area (Å²) in [5.41, 5.74) is 1.47. The fourth-order valence-corrected chi connectivity index (χ4v) is 3.68. The van der Waals surface area contributed by atoms with Crippen LogP contribution in [0.1, 0.15) is 27.5 Å². The summed E-state index contributed by atoms with van der Waals surface area (Å²) in [5.74, 6) is -0.648. The standard InChI is InChI=1S/C21H22ClN3O5/c1-14-3-4-16(13-18(14)25(28)29)20(26)24-11-9-23(10-12-24)19(21(27)30-2)15-5-7-17(22)8-6-15/h3-8,13,19H,9-12H2,1-2H3/t19-/m0/s1. The van der Waals surface area contributed by atoms with Crippen molar-refractivity contribution in [3.63, 3.8) is 0 Å². The van der Waals surface area contributed by atoms with Crippen LogP contribution in [0.25, 0.3) is 0 Å². The topological polar surface area (TPSA) is 93.0 Å². The van der Waals surface area contributed by atoms with E-state index in [4.69, 9.17) is 16.3 Å². The molecule has 0 spiro atoms. The number of rotatable bonds is 5. The number of aryl methyl sites for hydroxylation is 1. The second-order valence-electron chi connectivity index (χ2n) is 7.06. The van der Waals surface area contributed by atoms with Crippen LogP contribution in [0.15, 0.2) is 42.5 Å². The first-order chi connectivity index (χ1) is 14.3. The van der Waals surface area contributed by atoms with E-state index >= 15 is 0 Å². The molecule has 0 bridgehead atoms. The van der Waals surface area contributed by atoms with Crippen molar-refractivity contribution in [3.05, 3.63) is 74.3 Å². The number of hydrogen-bond acceptors (Lipinski definition) is 6. The summed E-state index contributed by atoms with van der Waals surface area (Å²) in [6.07, 6.45) is 0. The number of nitro benzene ring substituents is 1. The number of halogens is 1. The number of piperazine rings is 1. The number of amides is 1. The number of esters is 1. The molecule has 0 saturated carbocycles. The van der Waals surface area contributed by atoms with Crippen molar-refractivity contribution < 1.29 is 19.2 Å². The van der Waals surface area contributed by atoms with Crippen LogP contribution in [0, 0.1) is 17.0 Å². The largest absolute Gasteiger partial charge is 0.468 e. The van der Waals surface area contributed by atoms with Crippen LogP contribution in [0.3, 0.4) is 0 Å². The highest BCUT2D eigenvalue weighted by molar-refractivity contribution is 6.30. The van der Waals surface area contributed by atoms with Crippen molar-refractivity contribution >= 4 is 29.2 Å². The number of ether oxygens (including phenoxy) is 1. The van der Waals surface area contributed by atoms with E-state index in [2.05, 4.69) is 0 Å².